The Labute approximate surface area is 177 Å². The molecule has 0 saturated heterocycles. The molecule has 1 aromatic heterocycles. The van der Waals surface area contributed by atoms with E-state index in [-0.39, 0.29) is 18.4 Å². The minimum atomic E-state index is -0.345. The number of nitrogens with zero attached hydrogens (tertiary/aromatic N) is 1. The van der Waals surface area contributed by atoms with E-state index in [1.165, 1.54) is 18.4 Å². The summed E-state index contributed by atoms with van der Waals surface area (Å²) in [5, 5.41) is 6.76. The van der Waals surface area contributed by atoms with E-state index in [1.807, 2.05) is 31.2 Å². The Morgan fingerprint density at radius 3 is 2.55 bits per heavy atom. The molecule has 2 amide bonds. The molecule has 8 heteroatoms. The molecule has 0 bridgehead atoms. The van der Waals surface area contributed by atoms with Gasteiger partial charge in [-0.1, -0.05) is 29.8 Å². The van der Waals surface area contributed by atoms with Gasteiger partial charge in [-0.3, -0.25) is 9.59 Å². The second kappa shape index (κ2) is 9.07. The van der Waals surface area contributed by atoms with Crippen LogP contribution < -0.4 is 15.4 Å². The summed E-state index contributed by atoms with van der Waals surface area (Å²) < 4.78 is 5.25. The van der Waals surface area contributed by atoms with Gasteiger partial charge in [-0.15, -0.1) is 11.3 Å². The lowest BCUT2D eigenvalue weighted by Crippen LogP contribution is -2.32. The molecule has 0 atom stereocenters. The van der Waals surface area contributed by atoms with Crippen LogP contribution in [0.5, 0.6) is 5.75 Å². The number of thiazole rings is 1. The second-order valence-corrected chi connectivity index (χ2v) is 7.81. The third kappa shape index (κ3) is 5.13. The van der Waals surface area contributed by atoms with Crippen molar-refractivity contribution in [2.45, 2.75) is 13.8 Å². The molecule has 3 aromatic rings. The van der Waals surface area contributed by atoms with Crippen LogP contribution in [0.25, 0.3) is 10.6 Å². The highest BCUT2D eigenvalue weighted by Crippen LogP contribution is 2.29. The molecule has 0 saturated carbocycles. The van der Waals surface area contributed by atoms with Crippen molar-refractivity contribution in [3.63, 3.8) is 0 Å². The number of aromatic nitrogens is 1. The van der Waals surface area contributed by atoms with E-state index >= 15 is 0 Å². The number of hydrogen-bond donors (Lipinski definition) is 2. The molecule has 2 N–H and O–H groups in total. The number of benzene rings is 2. The van der Waals surface area contributed by atoms with E-state index < -0.39 is 0 Å². The molecule has 0 aliphatic carbocycles. The molecule has 0 fully saturated rings. The number of anilines is 1. The summed E-state index contributed by atoms with van der Waals surface area (Å²) in [6.45, 7) is 3.52. The summed E-state index contributed by atoms with van der Waals surface area (Å²) in [5.74, 6) is -0.130. The van der Waals surface area contributed by atoms with Gasteiger partial charge in [-0.2, -0.15) is 0 Å². The average molecular weight is 430 g/mol. The van der Waals surface area contributed by atoms with Crippen molar-refractivity contribution >= 4 is 40.4 Å². The second-order valence-electron chi connectivity index (χ2n) is 6.38. The number of ether oxygens (including phenoxy) is 1. The van der Waals surface area contributed by atoms with E-state index in [9.17, 15) is 9.59 Å². The van der Waals surface area contributed by atoms with E-state index in [0.29, 0.717) is 27.0 Å². The third-order valence-electron chi connectivity index (χ3n) is 4.13. The quantitative estimate of drug-likeness (QED) is 0.606. The fraction of sp³-hybridized carbons (Fsp3) is 0.190. The van der Waals surface area contributed by atoms with E-state index in [4.69, 9.17) is 16.3 Å². The molecule has 0 radical (unpaired) electrons. The Bertz CT molecular complexity index is 1050. The molecule has 6 nitrogen and oxygen atoms in total. The highest BCUT2D eigenvalue weighted by atomic mass is 35.5. The first-order valence-electron chi connectivity index (χ1n) is 8.83. The van der Waals surface area contributed by atoms with Gasteiger partial charge >= 0.3 is 0 Å². The molecule has 3 rings (SSSR count). The van der Waals surface area contributed by atoms with Gasteiger partial charge in [0.25, 0.3) is 5.91 Å². The van der Waals surface area contributed by atoms with Gasteiger partial charge in [0.1, 0.15) is 15.6 Å². The molecule has 0 aliphatic heterocycles. The summed E-state index contributed by atoms with van der Waals surface area (Å²) in [7, 11) is 1.53. The molecule has 0 unspecified atom stereocenters. The Morgan fingerprint density at radius 2 is 1.86 bits per heavy atom. The SMILES string of the molecule is COc1ccc(C)cc1NC(=O)CNC(=O)c1sc(-c2ccc(Cl)cc2)nc1C. The lowest BCUT2D eigenvalue weighted by Gasteiger charge is -2.11. The number of amides is 2. The van der Waals surface area contributed by atoms with Crippen molar-refractivity contribution in [2.24, 2.45) is 0 Å². The van der Waals surface area contributed by atoms with Crippen molar-refractivity contribution in [1.82, 2.24) is 10.3 Å². The number of nitrogens with one attached hydrogen (secondary N) is 2. The van der Waals surface area contributed by atoms with Crippen LogP contribution in [0.3, 0.4) is 0 Å². The zero-order valence-electron chi connectivity index (χ0n) is 16.2. The summed E-state index contributed by atoms with van der Waals surface area (Å²) in [6, 6.07) is 12.7. The van der Waals surface area contributed by atoms with Gasteiger partial charge in [-0.25, -0.2) is 4.98 Å². The van der Waals surface area contributed by atoms with Crippen LogP contribution in [0, 0.1) is 13.8 Å². The molecule has 0 aliphatic rings. The Hall–Kier alpha value is -2.90. The molecule has 1 heterocycles. The van der Waals surface area contributed by atoms with Crippen molar-refractivity contribution in [1.29, 1.82) is 0 Å². The number of halogens is 1. The average Bonchev–Trinajstić information content (AvgIpc) is 3.08. The summed E-state index contributed by atoms with van der Waals surface area (Å²) in [6.07, 6.45) is 0. The lowest BCUT2D eigenvalue weighted by atomic mass is 10.2. The fourth-order valence-corrected chi connectivity index (χ4v) is 3.79. The molecular weight excluding hydrogens is 410 g/mol. The molecule has 29 heavy (non-hydrogen) atoms. The normalized spacial score (nSPS) is 10.5. The summed E-state index contributed by atoms with van der Waals surface area (Å²) in [5.41, 5.74) is 3.04. The number of aryl methyl sites for hydroxylation is 2. The molecule has 150 valence electrons. The zero-order valence-corrected chi connectivity index (χ0v) is 17.8. The topological polar surface area (TPSA) is 80.3 Å². The Morgan fingerprint density at radius 1 is 1.14 bits per heavy atom. The van der Waals surface area contributed by atoms with Crippen molar-refractivity contribution in [3.05, 3.63) is 63.6 Å². The predicted octanol–water partition coefficient (Wildman–Crippen LogP) is 4.46. The van der Waals surface area contributed by atoms with E-state index in [0.717, 1.165) is 16.1 Å². The van der Waals surface area contributed by atoms with Crippen molar-refractivity contribution in [2.75, 3.05) is 19.0 Å². The monoisotopic (exact) mass is 429 g/mol. The van der Waals surface area contributed by atoms with Gasteiger partial charge in [0.2, 0.25) is 5.91 Å². The van der Waals surface area contributed by atoms with Gasteiger partial charge in [0.05, 0.1) is 25.0 Å². The molecular formula is C21H20ClN3O3S. The Balaban J connectivity index is 1.64. The highest BCUT2D eigenvalue weighted by Gasteiger charge is 2.17. The predicted molar refractivity (Wildman–Crippen MR) is 116 cm³/mol. The van der Waals surface area contributed by atoms with Gasteiger partial charge in [0.15, 0.2) is 0 Å². The van der Waals surface area contributed by atoms with Crippen LogP contribution >= 0.6 is 22.9 Å². The third-order valence-corrected chi connectivity index (χ3v) is 5.59. The fourth-order valence-electron chi connectivity index (χ4n) is 2.68. The summed E-state index contributed by atoms with van der Waals surface area (Å²) >= 11 is 7.19. The lowest BCUT2D eigenvalue weighted by molar-refractivity contribution is -0.115. The van der Waals surface area contributed by atoms with E-state index in [2.05, 4.69) is 15.6 Å². The first-order chi connectivity index (χ1) is 13.9. The van der Waals surface area contributed by atoms with Crippen LogP contribution in [0.2, 0.25) is 5.02 Å². The van der Waals surface area contributed by atoms with Gasteiger partial charge < -0.3 is 15.4 Å². The largest absolute Gasteiger partial charge is 0.495 e. The minimum Gasteiger partial charge on any atom is -0.495 e. The number of rotatable bonds is 6. The summed E-state index contributed by atoms with van der Waals surface area (Å²) in [4.78, 5) is 29.7. The maximum absolute atomic E-state index is 12.5. The molecule has 2 aromatic carbocycles. The maximum atomic E-state index is 12.5. The maximum Gasteiger partial charge on any atom is 0.263 e. The van der Waals surface area contributed by atoms with Crippen LogP contribution in [0.15, 0.2) is 42.5 Å². The number of hydrogen-bond acceptors (Lipinski definition) is 5. The van der Waals surface area contributed by atoms with Crippen molar-refractivity contribution in [3.8, 4) is 16.3 Å². The Kier molecular flexibility index (Phi) is 6.51. The standard InChI is InChI=1S/C21H20ClN3O3S/c1-12-4-9-17(28-3)16(10-12)25-18(26)11-23-20(27)19-13(2)24-21(29-19)14-5-7-15(22)8-6-14/h4-10H,11H2,1-3H3,(H,23,27)(H,25,26). The van der Waals surface area contributed by atoms with Crippen LogP contribution in [-0.4, -0.2) is 30.5 Å². The first-order valence-corrected chi connectivity index (χ1v) is 10.0. The van der Waals surface area contributed by atoms with E-state index in [1.54, 1.807) is 25.1 Å². The minimum absolute atomic E-state index is 0.163. The first kappa shape index (κ1) is 20.8. The smallest absolute Gasteiger partial charge is 0.263 e. The number of methoxy groups -OCH3 is 1. The van der Waals surface area contributed by atoms with Crippen molar-refractivity contribution < 1.29 is 14.3 Å². The number of carbonyl (C=O) groups excluding carboxylic acids is 2. The van der Waals surface area contributed by atoms with Crippen LogP contribution in [0.1, 0.15) is 20.9 Å². The van der Waals surface area contributed by atoms with Crippen LogP contribution in [0.4, 0.5) is 5.69 Å². The van der Waals surface area contributed by atoms with Gasteiger partial charge in [0, 0.05) is 10.6 Å². The number of carbonyl (C=O) groups is 2. The molecule has 0 spiro atoms. The zero-order chi connectivity index (χ0) is 21.0. The van der Waals surface area contributed by atoms with Gasteiger partial charge in [-0.05, 0) is 43.7 Å². The van der Waals surface area contributed by atoms with Crippen LogP contribution in [-0.2, 0) is 4.79 Å². The highest BCUT2D eigenvalue weighted by molar-refractivity contribution is 7.17.